The number of hydrogen-bond donors (Lipinski definition) is 1. The highest BCUT2D eigenvalue weighted by Gasteiger charge is 2.16. The molecule has 1 N–H and O–H groups in total. The van der Waals surface area contributed by atoms with Gasteiger partial charge in [-0.3, -0.25) is 4.79 Å². The molecule has 0 aliphatic heterocycles. The molecule has 2 aromatic rings. The number of terminal acetylenes is 1. The van der Waals surface area contributed by atoms with E-state index in [0.29, 0.717) is 20.0 Å². The fourth-order valence-corrected chi connectivity index (χ4v) is 2.85. The van der Waals surface area contributed by atoms with E-state index in [1.165, 1.54) is 12.1 Å². The molecule has 17 heavy (non-hydrogen) atoms. The Labute approximate surface area is 106 Å². The van der Waals surface area contributed by atoms with Gasteiger partial charge < -0.3 is 5.32 Å². The summed E-state index contributed by atoms with van der Waals surface area (Å²) in [6.07, 6.45) is 5.04. The van der Waals surface area contributed by atoms with Crippen LogP contribution in [0.5, 0.6) is 0 Å². The third kappa shape index (κ3) is 2.26. The van der Waals surface area contributed by atoms with Crippen molar-refractivity contribution in [2.24, 2.45) is 0 Å². The van der Waals surface area contributed by atoms with Crippen LogP contribution < -0.4 is 5.32 Å². The Balaban J connectivity index is 2.45. The van der Waals surface area contributed by atoms with Gasteiger partial charge in [-0.25, -0.2) is 4.39 Å². The summed E-state index contributed by atoms with van der Waals surface area (Å²) in [6, 6.07) is 4.22. The van der Waals surface area contributed by atoms with Crippen LogP contribution in [0.3, 0.4) is 0 Å². The van der Waals surface area contributed by atoms with Crippen molar-refractivity contribution in [2.75, 3.05) is 6.54 Å². The zero-order chi connectivity index (χ0) is 12.4. The molecule has 0 bridgehead atoms. The molecule has 1 aromatic heterocycles. The molecule has 0 saturated heterocycles. The smallest absolute Gasteiger partial charge is 0.263 e. The number of hydrogen-bond acceptors (Lipinski definition) is 2. The highest BCUT2D eigenvalue weighted by molar-refractivity contribution is 7.21. The van der Waals surface area contributed by atoms with E-state index in [9.17, 15) is 9.18 Å². The Morgan fingerprint density at radius 1 is 1.59 bits per heavy atom. The van der Waals surface area contributed by atoms with Crippen LogP contribution >= 0.6 is 22.9 Å². The van der Waals surface area contributed by atoms with Crippen molar-refractivity contribution >= 4 is 38.9 Å². The van der Waals surface area contributed by atoms with Crippen molar-refractivity contribution < 1.29 is 9.18 Å². The van der Waals surface area contributed by atoms with Crippen LogP contribution in [0.1, 0.15) is 9.67 Å². The molecule has 5 heteroatoms. The van der Waals surface area contributed by atoms with E-state index in [4.69, 9.17) is 18.0 Å². The summed E-state index contributed by atoms with van der Waals surface area (Å²) < 4.78 is 13.7. The Bertz CT molecular complexity index is 629. The molecular weight excluding hydrogens is 261 g/mol. The van der Waals surface area contributed by atoms with Crippen LogP contribution in [0, 0.1) is 18.2 Å². The molecular formula is C12H7ClFNOS. The van der Waals surface area contributed by atoms with E-state index in [0.717, 1.165) is 11.3 Å². The molecule has 1 heterocycles. The lowest BCUT2D eigenvalue weighted by Gasteiger charge is -1.97. The van der Waals surface area contributed by atoms with Gasteiger partial charge in [0.2, 0.25) is 0 Å². The second-order valence-electron chi connectivity index (χ2n) is 3.27. The van der Waals surface area contributed by atoms with Gasteiger partial charge in [-0.2, -0.15) is 0 Å². The van der Waals surface area contributed by atoms with Gasteiger partial charge >= 0.3 is 0 Å². The Hall–Kier alpha value is -1.57. The third-order valence-corrected chi connectivity index (χ3v) is 3.80. The average molecular weight is 268 g/mol. The number of fused-ring (bicyclic) bond motifs is 1. The quantitative estimate of drug-likeness (QED) is 0.833. The monoisotopic (exact) mass is 267 g/mol. The topological polar surface area (TPSA) is 29.1 Å². The van der Waals surface area contributed by atoms with Gasteiger partial charge in [0.05, 0.1) is 11.6 Å². The van der Waals surface area contributed by atoms with Crippen LogP contribution in [-0.4, -0.2) is 12.5 Å². The summed E-state index contributed by atoms with van der Waals surface area (Å²) in [7, 11) is 0. The number of amides is 1. The maximum atomic E-state index is 13.0. The SMILES string of the molecule is C#CCNC(=O)c1sc2cc(F)ccc2c1Cl. The summed E-state index contributed by atoms with van der Waals surface area (Å²) in [6.45, 7) is 0.137. The number of thiophene rings is 1. The molecule has 1 amide bonds. The minimum absolute atomic E-state index is 0.137. The Morgan fingerprint density at radius 3 is 3.06 bits per heavy atom. The molecule has 0 saturated carbocycles. The first-order valence-corrected chi connectivity index (χ1v) is 5.92. The van der Waals surface area contributed by atoms with Gasteiger partial charge in [-0.15, -0.1) is 17.8 Å². The molecule has 0 fully saturated rings. The largest absolute Gasteiger partial charge is 0.340 e. The van der Waals surface area contributed by atoms with E-state index in [-0.39, 0.29) is 18.3 Å². The molecule has 1 aromatic carbocycles. The molecule has 0 unspecified atom stereocenters. The molecule has 2 rings (SSSR count). The zero-order valence-corrected chi connectivity index (χ0v) is 10.2. The molecule has 0 aliphatic carbocycles. The van der Waals surface area contributed by atoms with E-state index in [2.05, 4.69) is 11.2 Å². The predicted molar refractivity (Wildman–Crippen MR) is 68.0 cm³/mol. The molecule has 0 radical (unpaired) electrons. The number of carbonyl (C=O) groups excluding carboxylic acids is 1. The van der Waals surface area contributed by atoms with Gasteiger partial charge in [0.25, 0.3) is 5.91 Å². The highest BCUT2D eigenvalue weighted by atomic mass is 35.5. The Morgan fingerprint density at radius 2 is 2.35 bits per heavy atom. The van der Waals surface area contributed by atoms with Gasteiger partial charge in [0.1, 0.15) is 10.7 Å². The standard InChI is InChI=1S/C12H7ClFNOS/c1-2-5-15-12(16)11-10(13)8-4-3-7(14)6-9(8)17-11/h1,3-4,6H,5H2,(H,15,16). The van der Waals surface area contributed by atoms with Crippen LogP contribution in [-0.2, 0) is 0 Å². The molecule has 2 nitrogen and oxygen atoms in total. The van der Waals surface area contributed by atoms with Gasteiger partial charge in [0.15, 0.2) is 0 Å². The lowest BCUT2D eigenvalue weighted by Crippen LogP contribution is -2.22. The predicted octanol–water partition coefficient (Wildman–Crippen LogP) is 3.06. The third-order valence-electron chi connectivity index (χ3n) is 2.15. The maximum Gasteiger partial charge on any atom is 0.263 e. The number of benzene rings is 1. The minimum Gasteiger partial charge on any atom is -0.340 e. The zero-order valence-electron chi connectivity index (χ0n) is 8.59. The van der Waals surface area contributed by atoms with Crippen molar-refractivity contribution in [3.8, 4) is 12.3 Å². The number of rotatable bonds is 2. The molecule has 0 aliphatic rings. The van der Waals surface area contributed by atoms with Crippen molar-refractivity contribution in [3.63, 3.8) is 0 Å². The lowest BCUT2D eigenvalue weighted by molar-refractivity contribution is 0.0963. The average Bonchev–Trinajstić information content (AvgIpc) is 2.63. The fraction of sp³-hybridized carbons (Fsp3) is 0.0833. The van der Waals surface area contributed by atoms with Gasteiger partial charge in [-0.1, -0.05) is 17.5 Å². The second-order valence-corrected chi connectivity index (χ2v) is 4.70. The summed E-state index contributed by atoms with van der Waals surface area (Å²) in [5.41, 5.74) is 0. The van der Waals surface area contributed by atoms with Crippen molar-refractivity contribution in [2.45, 2.75) is 0 Å². The molecule has 0 spiro atoms. The van der Waals surface area contributed by atoms with Crippen molar-refractivity contribution in [3.05, 3.63) is 33.9 Å². The second kappa shape index (κ2) is 4.74. The van der Waals surface area contributed by atoms with Crippen LogP contribution in [0.2, 0.25) is 5.02 Å². The van der Waals surface area contributed by atoms with E-state index in [1.807, 2.05) is 0 Å². The summed E-state index contributed by atoms with van der Waals surface area (Å²) in [4.78, 5) is 12.1. The fourth-order valence-electron chi connectivity index (χ4n) is 1.40. The highest BCUT2D eigenvalue weighted by Crippen LogP contribution is 2.35. The summed E-state index contributed by atoms with van der Waals surface area (Å²) in [5, 5.41) is 3.53. The van der Waals surface area contributed by atoms with E-state index < -0.39 is 0 Å². The normalized spacial score (nSPS) is 10.2. The summed E-state index contributed by atoms with van der Waals surface area (Å²) >= 11 is 7.20. The molecule has 0 atom stereocenters. The first-order chi connectivity index (χ1) is 8.13. The van der Waals surface area contributed by atoms with E-state index in [1.54, 1.807) is 6.07 Å². The first-order valence-electron chi connectivity index (χ1n) is 4.72. The van der Waals surface area contributed by atoms with Gasteiger partial charge in [0, 0.05) is 10.1 Å². The number of nitrogens with one attached hydrogen (secondary N) is 1. The van der Waals surface area contributed by atoms with Crippen LogP contribution in [0.25, 0.3) is 10.1 Å². The van der Waals surface area contributed by atoms with Crippen LogP contribution in [0.15, 0.2) is 18.2 Å². The number of halogens is 2. The number of carbonyl (C=O) groups is 1. The van der Waals surface area contributed by atoms with E-state index >= 15 is 0 Å². The summed E-state index contributed by atoms with van der Waals surface area (Å²) in [5.74, 6) is 1.61. The molecule has 86 valence electrons. The van der Waals surface area contributed by atoms with Gasteiger partial charge in [-0.05, 0) is 18.2 Å². The van der Waals surface area contributed by atoms with Crippen molar-refractivity contribution in [1.82, 2.24) is 5.32 Å². The van der Waals surface area contributed by atoms with Crippen molar-refractivity contribution in [1.29, 1.82) is 0 Å². The van der Waals surface area contributed by atoms with Crippen LogP contribution in [0.4, 0.5) is 4.39 Å². The maximum absolute atomic E-state index is 13.0. The minimum atomic E-state index is -0.356. The Kier molecular flexibility index (Phi) is 3.32. The first kappa shape index (κ1) is 11.9. The lowest BCUT2D eigenvalue weighted by atomic mass is 10.2.